The molecule has 0 bridgehead atoms. The standard InChI is InChI=1S/C11H17N3OS/c12-11(16)14-7-6-13-8-10(15)9-4-2-1-3-5-9/h1-5,10,13,15H,6-8H2,(H3,12,14,16). The molecule has 1 aromatic rings. The summed E-state index contributed by atoms with van der Waals surface area (Å²) in [6.45, 7) is 1.74. The van der Waals surface area contributed by atoms with Crippen LogP contribution in [0.5, 0.6) is 0 Å². The van der Waals surface area contributed by atoms with Crippen molar-refractivity contribution in [2.45, 2.75) is 6.10 Å². The van der Waals surface area contributed by atoms with Crippen LogP contribution in [0.2, 0.25) is 0 Å². The maximum Gasteiger partial charge on any atom is 0.150 e. The number of hydrogen-bond acceptors (Lipinski definition) is 3. The van der Waals surface area contributed by atoms with Gasteiger partial charge in [-0.2, -0.15) is 0 Å². The molecule has 0 saturated carbocycles. The van der Waals surface area contributed by atoms with E-state index in [4.69, 9.17) is 5.73 Å². The van der Waals surface area contributed by atoms with Crippen LogP contribution < -0.4 is 11.1 Å². The number of aliphatic hydroxyl groups excluding tert-OH is 1. The van der Waals surface area contributed by atoms with E-state index >= 15 is 0 Å². The van der Waals surface area contributed by atoms with Gasteiger partial charge in [0.25, 0.3) is 0 Å². The zero-order chi connectivity index (χ0) is 11.8. The van der Waals surface area contributed by atoms with Crippen molar-refractivity contribution < 1.29 is 5.11 Å². The van der Waals surface area contributed by atoms with Gasteiger partial charge in [0.2, 0.25) is 0 Å². The van der Waals surface area contributed by atoms with E-state index in [-0.39, 0.29) is 5.17 Å². The summed E-state index contributed by atoms with van der Waals surface area (Å²) in [5.41, 5.74) is 6.17. The molecule has 1 unspecified atom stereocenters. The zero-order valence-electron chi connectivity index (χ0n) is 9.00. The summed E-state index contributed by atoms with van der Waals surface area (Å²) in [4.78, 5) is 3.91. The van der Waals surface area contributed by atoms with E-state index in [1.165, 1.54) is 0 Å². The summed E-state index contributed by atoms with van der Waals surface area (Å²) in [5, 5.41) is 13.2. The van der Waals surface area contributed by atoms with E-state index in [1.807, 2.05) is 30.3 Å². The van der Waals surface area contributed by atoms with Gasteiger partial charge >= 0.3 is 0 Å². The van der Waals surface area contributed by atoms with Gasteiger partial charge in [-0.3, -0.25) is 4.99 Å². The second-order valence-electron chi connectivity index (χ2n) is 3.37. The quantitative estimate of drug-likeness (QED) is 0.254. The van der Waals surface area contributed by atoms with E-state index in [2.05, 4.69) is 22.9 Å². The minimum absolute atomic E-state index is 0.283. The smallest absolute Gasteiger partial charge is 0.150 e. The lowest BCUT2D eigenvalue weighted by Gasteiger charge is -2.11. The fourth-order valence-electron chi connectivity index (χ4n) is 1.28. The van der Waals surface area contributed by atoms with Crippen molar-refractivity contribution in [2.75, 3.05) is 19.6 Å². The van der Waals surface area contributed by atoms with Crippen molar-refractivity contribution >= 4 is 17.8 Å². The van der Waals surface area contributed by atoms with Crippen molar-refractivity contribution in [3.63, 3.8) is 0 Å². The Bertz CT molecular complexity index is 325. The second kappa shape index (κ2) is 7.27. The highest BCUT2D eigenvalue weighted by Crippen LogP contribution is 2.09. The van der Waals surface area contributed by atoms with Gasteiger partial charge in [-0.05, 0) is 5.56 Å². The third kappa shape index (κ3) is 5.16. The number of nitrogens with one attached hydrogen (secondary N) is 1. The topological polar surface area (TPSA) is 70.6 Å². The molecule has 1 aromatic carbocycles. The van der Waals surface area contributed by atoms with Crippen molar-refractivity contribution in [1.82, 2.24) is 5.32 Å². The number of thiol groups is 1. The Hall–Kier alpha value is -1.04. The molecular formula is C11H17N3OS. The summed E-state index contributed by atoms with van der Waals surface area (Å²) in [6, 6.07) is 9.54. The van der Waals surface area contributed by atoms with Crippen LogP contribution in [0.3, 0.4) is 0 Å². The first kappa shape index (κ1) is 13.0. The molecule has 0 aromatic heterocycles. The van der Waals surface area contributed by atoms with Crippen LogP contribution >= 0.6 is 12.6 Å². The number of nitrogens with zero attached hydrogens (tertiary/aromatic N) is 1. The summed E-state index contributed by atoms with van der Waals surface area (Å²) in [6.07, 6.45) is -0.487. The normalized spacial score (nSPS) is 13.8. The van der Waals surface area contributed by atoms with E-state index < -0.39 is 6.10 Å². The molecule has 0 saturated heterocycles. The molecule has 0 aliphatic rings. The number of aliphatic hydroxyl groups is 1. The summed E-state index contributed by atoms with van der Waals surface area (Å²) in [7, 11) is 0. The Morgan fingerprint density at radius 3 is 2.75 bits per heavy atom. The number of amidine groups is 1. The number of nitrogens with two attached hydrogens (primary N) is 1. The molecule has 1 rings (SSSR count). The van der Waals surface area contributed by atoms with E-state index in [0.29, 0.717) is 19.6 Å². The van der Waals surface area contributed by atoms with Gasteiger partial charge in [0, 0.05) is 13.1 Å². The van der Waals surface area contributed by atoms with Gasteiger partial charge in [-0.15, -0.1) is 12.6 Å². The lowest BCUT2D eigenvalue weighted by molar-refractivity contribution is 0.175. The monoisotopic (exact) mass is 239 g/mol. The first-order chi connectivity index (χ1) is 7.70. The van der Waals surface area contributed by atoms with Crippen LogP contribution in [0.1, 0.15) is 11.7 Å². The predicted molar refractivity (Wildman–Crippen MR) is 69.7 cm³/mol. The Kier molecular flexibility index (Phi) is 5.92. The third-order valence-electron chi connectivity index (χ3n) is 2.08. The average molecular weight is 239 g/mol. The first-order valence-electron chi connectivity index (χ1n) is 5.13. The lowest BCUT2D eigenvalue weighted by atomic mass is 10.1. The maximum atomic E-state index is 9.79. The third-order valence-corrected chi connectivity index (χ3v) is 2.23. The molecule has 0 spiro atoms. The molecule has 0 amide bonds. The highest BCUT2D eigenvalue weighted by molar-refractivity contribution is 7.96. The first-order valence-corrected chi connectivity index (χ1v) is 5.57. The Balaban J connectivity index is 2.21. The van der Waals surface area contributed by atoms with Crippen molar-refractivity contribution in [1.29, 1.82) is 0 Å². The number of rotatable bonds is 6. The van der Waals surface area contributed by atoms with Crippen LogP contribution in [0.4, 0.5) is 0 Å². The molecule has 0 aliphatic carbocycles. The van der Waals surface area contributed by atoms with Gasteiger partial charge < -0.3 is 16.2 Å². The molecule has 4 nitrogen and oxygen atoms in total. The minimum Gasteiger partial charge on any atom is -0.387 e. The number of benzene rings is 1. The average Bonchev–Trinajstić information content (AvgIpc) is 2.29. The predicted octanol–water partition coefficient (Wildman–Crippen LogP) is 0.554. The number of hydrogen-bond donors (Lipinski definition) is 4. The van der Waals surface area contributed by atoms with Gasteiger partial charge in [0.05, 0.1) is 12.6 Å². The molecule has 0 heterocycles. The summed E-state index contributed by atoms with van der Waals surface area (Å²) < 4.78 is 0. The van der Waals surface area contributed by atoms with Gasteiger partial charge in [0.1, 0.15) is 0 Å². The van der Waals surface area contributed by atoms with Crippen LogP contribution in [-0.4, -0.2) is 29.9 Å². The van der Waals surface area contributed by atoms with E-state index in [1.54, 1.807) is 0 Å². The molecular weight excluding hydrogens is 222 g/mol. The van der Waals surface area contributed by atoms with Gasteiger partial charge in [0.15, 0.2) is 5.17 Å². The van der Waals surface area contributed by atoms with Crippen LogP contribution in [0, 0.1) is 0 Å². The maximum absolute atomic E-state index is 9.79. The molecule has 5 heteroatoms. The molecule has 0 aliphatic heterocycles. The van der Waals surface area contributed by atoms with Crippen molar-refractivity contribution in [2.24, 2.45) is 10.7 Å². The van der Waals surface area contributed by atoms with Gasteiger partial charge in [-0.1, -0.05) is 30.3 Å². The highest BCUT2D eigenvalue weighted by Gasteiger charge is 2.04. The Morgan fingerprint density at radius 2 is 2.12 bits per heavy atom. The molecule has 1 atom stereocenters. The minimum atomic E-state index is -0.487. The van der Waals surface area contributed by atoms with Crippen molar-refractivity contribution in [3.05, 3.63) is 35.9 Å². The molecule has 0 fully saturated rings. The Morgan fingerprint density at radius 1 is 1.44 bits per heavy atom. The number of aliphatic imine (C=N–C) groups is 1. The molecule has 0 radical (unpaired) electrons. The van der Waals surface area contributed by atoms with Crippen LogP contribution in [0.25, 0.3) is 0 Å². The SMILES string of the molecule is NC(S)=NCCNCC(O)c1ccccc1. The summed E-state index contributed by atoms with van der Waals surface area (Å²) >= 11 is 3.85. The molecule has 4 N–H and O–H groups in total. The molecule has 88 valence electrons. The zero-order valence-corrected chi connectivity index (χ0v) is 9.90. The summed E-state index contributed by atoms with van der Waals surface area (Å²) in [5.74, 6) is 0. The fourth-order valence-corrected chi connectivity index (χ4v) is 1.38. The highest BCUT2D eigenvalue weighted by atomic mass is 32.1. The largest absolute Gasteiger partial charge is 0.387 e. The lowest BCUT2D eigenvalue weighted by Crippen LogP contribution is -2.24. The van der Waals surface area contributed by atoms with E-state index in [9.17, 15) is 5.11 Å². The van der Waals surface area contributed by atoms with Crippen LogP contribution in [0.15, 0.2) is 35.3 Å². The second-order valence-corrected chi connectivity index (χ2v) is 3.83. The van der Waals surface area contributed by atoms with Gasteiger partial charge in [-0.25, -0.2) is 0 Å². The van der Waals surface area contributed by atoms with Crippen molar-refractivity contribution in [3.8, 4) is 0 Å². The van der Waals surface area contributed by atoms with E-state index in [0.717, 1.165) is 5.56 Å². The van der Waals surface area contributed by atoms with Crippen LogP contribution in [-0.2, 0) is 0 Å². The Labute approximate surface area is 101 Å². The fraction of sp³-hybridized carbons (Fsp3) is 0.364. The molecule has 16 heavy (non-hydrogen) atoms.